The van der Waals surface area contributed by atoms with Crippen molar-refractivity contribution in [3.05, 3.63) is 0 Å². The zero-order valence-corrected chi connectivity index (χ0v) is 10.4. The van der Waals surface area contributed by atoms with E-state index in [9.17, 15) is 4.79 Å². The Labute approximate surface area is 91.4 Å². The van der Waals surface area contributed by atoms with E-state index in [0.29, 0.717) is 0 Å². The second-order valence-electron chi connectivity index (χ2n) is 3.57. The molecule has 0 aliphatic carbocycles. The largest absolute Gasteiger partial charge is 0.342 e. The minimum Gasteiger partial charge on any atom is -0.342 e. The van der Waals surface area contributed by atoms with Crippen LogP contribution in [0.25, 0.3) is 0 Å². The summed E-state index contributed by atoms with van der Waals surface area (Å²) in [6, 6.07) is -0.103. The van der Waals surface area contributed by atoms with Gasteiger partial charge in [-0.1, -0.05) is 6.92 Å². The lowest BCUT2D eigenvalue weighted by Crippen LogP contribution is -2.44. The number of amides is 1. The summed E-state index contributed by atoms with van der Waals surface area (Å²) in [5, 5.41) is 0. The summed E-state index contributed by atoms with van der Waals surface area (Å²) in [4.78, 5) is 13.3. The molecule has 0 unspecified atom stereocenters. The van der Waals surface area contributed by atoms with E-state index in [1.165, 1.54) is 0 Å². The van der Waals surface area contributed by atoms with Crippen LogP contribution >= 0.6 is 11.8 Å². The molecule has 2 N–H and O–H groups in total. The number of rotatable bonds is 6. The normalized spacial score (nSPS) is 14.9. The number of nitrogens with two attached hydrogens (primary N) is 1. The van der Waals surface area contributed by atoms with Crippen LogP contribution in [-0.4, -0.2) is 41.4 Å². The van der Waals surface area contributed by atoms with E-state index in [1.54, 1.807) is 11.8 Å². The van der Waals surface area contributed by atoms with Crippen LogP contribution in [-0.2, 0) is 4.79 Å². The Morgan fingerprint density at radius 3 is 2.50 bits per heavy atom. The van der Waals surface area contributed by atoms with Crippen molar-refractivity contribution in [1.82, 2.24) is 4.90 Å². The highest BCUT2D eigenvalue weighted by Gasteiger charge is 2.18. The Bertz CT molecular complexity index is 174. The van der Waals surface area contributed by atoms with Crippen molar-refractivity contribution in [3.63, 3.8) is 0 Å². The highest BCUT2D eigenvalue weighted by Crippen LogP contribution is 2.08. The lowest BCUT2D eigenvalue weighted by atomic mass is 10.2. The van der Waals surface area contributed by atoms with Crippen molar-refractivity contribution in [3.8, 4) is 0 Å². The maximum Gasteiger partial charge on any atom is 0.239 e. The lowest BCUT2D eigenvalue weighted by molar-refractivity contribution is -0.132. The van der Waals surface area contributed by atoms with Crippen LogP contribution in [0, 0.1) is 0 Å². The molecule has 0 saturated heterocycles. The molecule has 0 aliphatic rings. The molecule has 0 aromatic heterocycles. The Morgan fingerprint density at radius 1 is 1.50 bits per heavy atom. The second kappa shape index (κ2) is 7.12. The second-order valence-corrected chi connectivity index (χ2v) is 4.97. The Balaban J connectivity index is 3.86. The molecule has 84 valence electrons. The van der Waals surface area contributed by atoms with E-state index in [2.05, 4.69) is 13.8 Å². The van der Waals surface area contributed by atoms with Gasteiger partial charge in [-0.2, -0.15) is 11.8 Å². The van der Waals surface area contributed by atoms with Gasteiger partial charge in [0.2, 0.25) is 5.91 Å². The molecule has 0 radical (unpaired) electrons. The van der Waals surface area contributed by atoms with Gasteiger partial charge in [-0.25, -0.2) is 0 Å². The van der Waals surface area contributed by atoms with E-state index in [4.69, 9.17) is 5.73 Å². The van der Waals surface area contributed by atoms with Crippen LogP contribution in [0.5, 0.6) is 0 Å². The minimum absolute atomic E-state index is 0.0269. The summed E-state index contributed by atoms with van der Waals surface area (Å²) in [7, 11) is 1.83. The standard InChI is InChI=1S/C10H22N2OS/c1-5-14-7-6-8(2)12(4)10(13)9(3)11/h8-9H,5-7,11H2,1-4H3/t8-,9-/m1/s1. The highest BCUT2D eigenvalue weighted by atomic mass is 32.2. The average molecular weight is 218 g/mol. The third-order valence-corrected chi connectivity index (χ3v) is 3.22. The molecule has 0 fully saturated rings. The van der Waals surface area contributed by atoms with Crippen LogP contribution in [0.3, 0.4) is 0 Å². The number of nitrogens with zero attached hydrogens (tertiary/aromatic N) is 1. The predicted molar refractivity (Wildman–Crippen MR) is 63.5 cm³/mol. The fraction of sp³-hybridized carbons (Fsp3) is 0.900. The van der Waals surface area contributed by atoms with Gasteiger partial charge in [0, 0.05) is 13.1 Å². The maximum atomic E-state index is 11.5. The van der Waals surface area contributed by atoms with Crippen LogP contribution in [0.4, 0.5) is 0 Å². The molecule has 0 aliphatic heterocycles. The molecule has 4 heteroatoms. The Hall–Kier alpha value is -0.220. The van der Waals surface area contributed by atoms with Crippen molar-refractivity contribution in [1.29, 1.82) is 0 Å². The molecule has 1 amide bonds. The molecule has 0 saturated carbocycles. The summed E-state index contributed by atoms with van der Waals surface area (Å²) in [5.74, 6) is 2.27. The number of hydrogen-bond acceptors (Lipinski definition) is 3. The SMILES string of the molecule is CCSCC[C@@H](C)N(C)C(=O)[C@@H](C)N. The van der Waals surface area contributed by atoms with Crippen molar-refractivity contribution in [2.24, 2.45) is 5.73 Å². The Morgan fingerprint density at radius 2 is 2.07 bits per heavy atom. The molecule has 0 aromatic rings. The third kappa shape index (κ3) is 4.86. The smallest absolute Gasteiger partial charge is 0.239 e. The molecule has 3 nitrogen and oxygen atoms in total. The molecule has 0 heterocycles. The van der Waals surface area contributed by atoms with Crippen LogP contribution in [0.15, 0.2) is 0 Å². The molecule has 0 rings (SSSR count). The molecule has 2 atom stereocenters. The van der Waals surface area contributed by atoms with Gasteiger partial charge in [0.15, 0.2) is 0 Å². The molecule has 0 spiro atoms. The summed E-state index contributed by atoms with van der Waals surface area (Å²) in [5.41, 5.74) is 5.53. The molecule has 0 aromatic carbocycles. The van der Waals surface area contributed by atoms with Crippen LogP contribution < -0.4 is 5.73 Å². The highest BCUT2D eigenvalue weighted by molar-refractivity contribution is 7.99. The van der Waals surface area contributed by atoms with Gasteiger partial charge in [-0.05, 0) is 31.8 Å². The van der Waals surface area contributed by atoms with Crippen molar-refractivity contribution in [2.45, 2.75) is 39.3 Å². The average Bonchev–Trinajstić information content (AvgIpc) is 2.15. The summed E-state index contributed by atoms with van der Waals surface area (Å²) in [6.45, 7) is 5.94. The van der Waals surface area contributed by atoms with Gasteiger partial charge in [0.05, 0.1) is 6.04 Å². The van der Waals surface area contributed by atoms with E-state index < -0.39 is 0 Å². The number of carbonyl (C=O) groups is 1. The van der Waals surface area contributed by atoms with Gasteiger partial charge in [-0.15, -0.1) is 0 Å². The third-order valence-electron chi connectivity index (χ3n) is 2.28. The molecule has 0 bridgehead atoms. The summed E-state index contributed by atoms with van der Waals surface area (Å²) >= 11 is 1.90. The van der Waals surface area contributed by atoms with Crippen molar-refractivity contribution >= 4 is 17.7 Å². The first-order valence-corrected chi connectivity index (χ1v) is 6.26. The first kappa shape index (κ1) is 13.8. The summed E-state index contributed by atoms with van der Waals surface area (Å²) < 4.78 is 0. The number of likely N-dealkylation sites (N-methyl/N-ethyl adjacent to an activating group) is 1. The van der Waals surface area contributed by atoms with Gasteiger partial charge in [-0.3, -0.25) is 4.79 Å². The topological polar surface area (TPSA) is 46.3 Å². The van der Waals surface area contributed by atoms with Crippen LogP contribution in [0.2, 0.25) is 0 Å². The maximum absolute atomic E-state index is 11.5. The first-order chi connectivity index (χ1) is 6.50. The van der Waals surface area contributed by atoms with Gasteiger partial charge < -0.3 is 10.6 Å². The molecule has 14 heavy (non-hydrogen) atoms. The number of hydrogen-bond donors (Lipinski definition) is 1. The van der Waals surface area contributed by atoms with Gasteiger partial charge in [0.1, 0.15) is 0 Å². The Kier molecular flexibility index (Phi) is 7.01. The minimum atomic E-state index is -0.388. The van der Waals surface area contributed by atoms with E-state index in [-0.39, 0.29) is 18.0 Å². The fourth-order valence-electron chi connectivity index (χ4n) is 1.13. The predicted octanol–water partition coefficient (Wildman–Crippen LogP) is 1.32. The van der Waals surface area contributed by atoms with Crippen molar-refractivity contribution in [2.75, 3.05) is 18.6 Å². The van der Waals surface area contributed by atoms with Gasteiger partial charge in [0.25, 0.3) is 0 Å². The van der Waals surface area contributed by atoms with Crippen LogP contribution in [0.1, 0.15) is 27.2 Å². The quantitative estimate of drug-likeness (QED) is 0.684. The van der Waals surface area contributed by atoms with E-state index >= 15 is 0 Å². The number of thioether (sulfide) groups is 1. The molecular formula is C10H22N2OS. The van der Waals surface area contributed by atoms with Gasteiger partial charge >= 0.3 is 0 Å². The van der Waals surface area contributed by atoms with E-state index in [1.807, 2.05) is 18.8 Å². The summed E-state index contributed by atoms with van der Waals surface area (Å²) in [6.07, 6.45) is 1.04. The van der Waals surface area contributed by atoms with Crippen molar-refractivity contribution < 1.29 is 4.79 Å². The zero-order chi connectivity index (χ0) is 11.1. The monoisotopic (exact) mass is 218 g/mol. The number of carbonyl (C=O) groups excluding carboxylic acids is 1. The zero-order valence-electron chi connectivity index (χ0n) is 9.62. The fourth-order valence-corrected chi connectivity index (χ4v) is 1.93. The first-order valence-electron chi connectivity index (χ1n) is 5.10. The molecular weight excluding hydrogens is 196 g/mol. The van der Waals surface area contributed by atoms with E-state index in [0.717, 1.165) is 17.9 Å². The lowest BCUT2D eigenvalue weighted by Gasteiger charge is -2.26.